The standard InChI is InChI=1S/C42H70N6O4/c1-26(2)28(5)37(6)18-19-39(8)29-14-15-32-38(7)23-51-25-42(32,30(29)16-17-40(39,9)33(37)35(49)50)22-31(48-45-36(43)44-46-48)34(38)52-24-41(10,27(3)4)47-20-12-11-13-21-47/h16,26-29,31-34H,11-15,17-25H2,1-10H3,(H2,43,45)(H,49,50)/t28-,29+,31-,32+,33-,34+,37-,38+,39-,40+,41+,42?/m1/s1. The van der Waals surface area contributed by atoms with Crippen LogP contribution in [0.3, 0.4) is 0 Å². The van der Waals surface area contributed by atoms with Gasteiger partial charge in [0.05, 0.1) is 31.8 Å². The Morgan fingerprint density at radius 1 is 1.06 bits per heavy atom. The van der Waals surface area contributed by atoms with E-state index in [2.05, 4.69) is 95.6 Å². The Hall–Kier alpha value is -2.04. The summed E-state index contributed by atoms with van der Waals surface area (Å²) in [4.78, 5) is 18.0. The van der Waals surface area contributed by atoms with Gasteiger partial charge in [-0.15, -0.1) is 5.10 Å². The SMILES string of the molecule is CC(C)[C@@H](C)[C@@]1(C)CC[C@]2(C)[C@H]3CC[C@@H]4C5(COC[C@]4(C)[C@@H](OC[C@@](C)(C(C)C)N4CCCCC4)[C@H](n4nnc(N)n4)C5)C3=CC[C@@]2(C)[C@@H]1C(=O)O. The van der Waals surface area contributed by atoms with Gasteiger partial charge in [0.15, 0.2) is 0 Å². The Balaban J connectivity index is 1.29. The molecule has 1 aromatic heterocycles. The number of aliphatic carboxylic acids is 1. The van der Waals surface area contributed by atoms with E-state index in [1.165, 1.54) is 24.8 Å². The van der Waals surface area contributed by atoms with E-state index >= 15 is 0 Å². The molecule has 1 aromatic rings. The first kappa shape index (κ1) is 38.2. The number of nitrogens with zero attached hydrogens (tertiary/aromatic N) is 5. The molecule has 292 valence electrons. The smallest absolute Gasteiger partial charge is 0.307 e. The molecule has 0 aromatic carbocycles. The number of carboxylic acids is 1. The largest absolute Gasteiger partial charge is 0.481 e. The Labute approximate surface area is 313 Å². The van der Waals surface area contributed by atoms with Gasteiger partial charge in [0.2, 0.25) is 0 Å². The van der Waals surface area contributed by atoms with Crippen molar-refractivity contribution in [3.05, 3.63) is 11.6 Å². The van der Waals surface area contributed by atoms with E-state index in [9.17, 15) is 9.90 Å². The molecule has 2 bridgehead atoms. The normalized spacial score (nSPS) is 43.9. The maximum Gasteiger partial charge on any atom is 0.307 e. The molecule has 0 amide bonds. The van der Waals surface area contributed by atoms with Crippen LogP contribution >= 0.6 is 0 Å². The molecular formula is C42H70N6O4. The fourth-order valence-electron chi connectivity index (χ4n) is 13.8. The summed E-state index contributed by atoms with van der Waals surface area (Å²) in [6, 6.07) is -0.151. The van der Waals surface area contributed by atoms with Crippen molar-refractivity contribution in [1.29, 1.82) is 0 Å². The average molecular weight is 723 g/mol. The van der Waals surface area contributed by atoms with E-state index in [-0.39, 0.29) is 50.7 Å². The third kappa shape index (κ3) is 5.32. The van der Waals surface area contributed by atoms with E-state index in [1.807, 2.05) is 0 Å². The summed E-state index contributed by atoms with van der Waals surface area (Å²) in [7, 11) is 0. The molecule has 1 unspecified atom stereocenters. The summed E-state index contributed by atoms with van der Waals surface area (Å²) < 4.78 is 14.2. The molecule has 10 nitrogen and oxygen atoms in total. The van der Waals surface area contributed by atoms with E-state index in [0.717, 1.165) is 51.6 Å². The number of tetrazole rings is 1. The summed E-state index contributed by atoms with van der Waals surface area (Å²) >= 11 is 0. The van der Waals surface area contributed by atoms with Crippen LogP contribution in [0, 0.1) is 62.6 Å². The van der Waals surface area contributed by atoms with Crippen LogP contribution in [0.15, 0.2) is 11.6 Å². The van der Waals surface area contributed by atoms with Gasteiger partial charge >= 0.3 is 5.97 Å². The number of rotatable bonds is 9. The molecule has 52 heavy (non-hydrogen) atoms. The fraction of sp³-hybridized carbons (Fsp3) is 0.905. The molecule has 4 aliphatic carbocycles. The van der Waals surface area contributed by atoms with E-state index in [1.54, 1.807) is 4.80 Å². The third-order valence-electron chi connectivity index (χ3n) is 17.7. The molecular weight excluding hydrogens is 653 g/mol. The van der Waals surface area contributed by atoms with Gasteiger partial charge in [-0.05, 0) is 122 Å². The fourth-order valence-corrected chi connectivity index (χ4v) is 13.8. The lowest BCUT2D eigenvalue weighted by Gasteiger charge is -2.71. The highest BCUT2D eigenvalue weighted by Crippen LogP contribution is 2.75. The molecule has 2 aliphatic heterocycles. The summed E-state index contributed by atoms with van der Waals surface area (Å²) in [6.07, 6.45) is 11.8. The van der Waals surface area contributed by atoms with Crippen LogP contribution in [0.4, 0.5) is 5.95 Å². The highest BCUT2D eigenvalue weighted by molar-refractivity contribution is 5.73. The molecule has 3 N–H and O–H groups in total. The summed E-state index contributed by atoms with van der Waals surface area (Å²) in [6.45, 7) is 27.5. The van der Waals surface area contributed by atoms with Crippen LogP contribution in [0.5, 0.6) is 0 Å². The molecule has 0 radical (unpaired) electrons. The number of piperidine rings is 1. The van der Waals surface area contributed by atoms with Crippen molar-refractivity contribution in [2.24, 2.45) is 62.6 Å². The lowest BCUT2D eigenvalue weighted by Crippen LogP contribution is -2.69. The molecule has 6 aliphatic rings. The second kappa shape index (κ2) is 13.0. The molecule has 10 heteroatoms. The second-order valence-corrected chi connectivity index (χ2v) is 20.4. The Kier molecular flexibility index (Phi) is 9.58. The highest BCUT2D eigenvalue weighted by Gasteiger charge is 2.72. The van der Waals surface area contributed by atoms with Gasteiger partial charge in [-0.3, -0.25) is 9.69 Å². The predicted octanol–water partition coefficient (Wildman–Crippen LogP) is 7.67. The predicted molar refractivity (Wildman–Crippen MR) is 203 cm³/mol. The van der Waals surface area contributed by atoms with Crippen molar-refractivity contribution in [3.63, 3.8) is 0 Å². The maximum absolute atomic E-state index is 13.5. The first-order valence-electron chi connectivity index (χ1n) is 20.8. The Bertz CT molecular complexity index is 1540. The minimum Gasteiger partial charge on any atom is -0.481 e. The molecule has 12 atom stereocenters. The minimum absolute atomic E-state index is 0.0912. The molecule has 3 heterocycles. The zero-order chi connectivity index (χ0) is 37.6. The van der Waals surface area contributed by atoms with Gasteiger partial charge in [0.1, 0.15) is 6.04 Å². The molecule has 0 spiro atoms. The van der Waals surface area contributed by atoms with E-state index < -0.39 is 11.9 Å². The maximum atomic E-state index is 13.5. The van der Waals surface area contributed by atoms with Crippen LogP contribution in [0.2, 0.25) is 0 Å². The van der Waals surface area contributed by atoms with Crippen LogP contribution in [0.1, 0.15) is 133 Å². The number of hydrogen-bond acceptors (Lipinski definition) is 8. The van der Waals surface area contributed by atoms with Crippen molar-refractivity contribution in [2.45, 2.75) is 145 Å². The number of allylic oxidation sites excluding steroid dienone is 1. The van der Waals surface area contributed by atoms with Crippen LogP contribution in [0.25, 0.3) is 0 Å². The number of aromatic nitrogens is 4. The van der Waals surface area contributed by atoms with Gasteiger partial charge in [-0.1, -0.05) is 85.5 Å². The number of nitrogens with two attached hydrogens (primary N) is 1. The van der Waals surface area contributed by atoms with E-state index in [4.69, 9.17) is 15.2 Å². The van der Waals surface area contributed by atoms with Crippen molar-refractivity contribution in [3.8, 4) is 0 Å². The molecule has 2 saturated heterocycles. The van der Waals surface area contributed by atoms with Crippen molar-refractivity contribution in [2.75, 3.05) is 38.6 Å². The van der Waals surface area contributed by atoms with Gasteiger partial charge in [-0.25, -0.2) is 0 Å². The number of carbonyl (C=O) groups is 1. The highest BCUT2D eigenvalue weighted by atomic mass is 16.5. The number of fused-ring (bicyclic) bond motifs is 3. The minimum atomic E-state index is -0.619. The number of likely N-dealkylation sites (tertiary alicyclic amines) is 1. The van der Waals surface area contributed by atoms with Crippen LogP contribution in [-0.4, -0.2) is 80.7 Å². The molecule has 5 fully saturated rings. The average Bonchev–Trinajstić information content (AvgIpc) is 3.53. The lowest BCUT2D eigenvalue weighted by molar-refractivity contribution is -0.256. The zero-order valence-electron chi connectivity index (χ0n) is 34.1. The van der Waals surface area contributed by atoms with Crippen LogP contribution < -0.4 is 5.73 Å². The summed E-state index contributed by atoms with van der Waals surface area (Å²) in [5.41, 5.74) is 6.32. The Morgan fingerprint density at radius 2 is 1.77 bits per heavy atom. The topological polar surface area (TPSA) is 129 Å². The number of ether oxygens (including phenoxy) is 2. The number of anilines is 1. The number of hydrogen-bond donors (Lipinski definition) is 2. The summed E-state index contributed by atoms with van der Waals surface area (Å²) in [5.74, 6) is 0.989. The van der Waals surface area contributed by atoms with Gasteiger partial charge in [0.25, 0.3) is 5.95 Å². The van der Waals surface area contributed by atoms with Gasteiger partial charge in [-0.2, -0.15) is 4.80 Å². The van der Waals surface area contributed by atoms with Crippen molar-refractivity contribution in [1.82, 2.24) is 25.1 Å². The Morgan fingerprint density at radius 3 is 2.38 bits per heavy atom. The van der Waals surface area contributed by atoms with Crippen LogP contribution in [-0.2, 0) is 14.3 Å². The first-order chi connectivity index (χ1) is 24.4. The quantitative estimate of drug-likeness (QED) is 0.247. The van der Waals surface area contributed by atoms with Gasteiger partial charge in [0, 0.05) is 16.4 Å². The number of carboxylic acid groups (broad SMARTS) is 1. The molecule has 3 saturated carbocycles. The second-order valence-electron chi connectivity index (χ2n) is 20.4. The lowest BCUT2D eigenvalue weighted by atomic mass is 9.34. The zero-order valence-corrected chi connectivity index (χ0v) is 34.1. The van der Waals surface area contributed by atoms with Gasteiger partial charge < -0.3 is 20.3 Å². The molecule has 7 rings (SSSR count). The number of nitrogen functional groups attached to an aromatic ring is 1. The van der Waals surface area contributed by atoms with Crippen molar-refractivity contribution < 1.29 is 19.4 Å². The first-order valence-corrected chi connectivity index (χ1v) is 20.8. The summed E-state index contributed by atoms with van der Waals surface area (Å²) in [5, 5.41) is 24.5. The third-order valence-corrected chi connectivity index (χ3v) is 17.7. The van der Waals surface area contributed by atoms with E-state index in [0.29, 0.717) is 49.4 Å². The monoisotopic (exact) mass is 723 g/mol. The van der Waals surface area contributed by atoms with Crippen molar-refractivity contribution >= 4 is 11.9 Å².